The zero-order valence-electron chi connectivity index (χ0n) is 10.9. The monoisotopic (exact) mass is 233 g/mol. The highest BCUT2D eigenvalue weighted by atomic mass is 15.1. The lowest BCUT2D eigenvalue weighted by atomic mass is 9.93. The molecule has 0 bridgehead atoms. The Balaban J connectivity index is 1.79. The molecule has 2 unspecified atom stereocenters. The maximum absolute atomic E-state index is 4.05. The van der Waals surface area contributed by atoms with Crippen molar-refractivity contribution in [1.82, 2.24) is 15.2 Å². The molecule has 17 heavy (non-hydrogen) atoms. The number of aromatic nitrogens is 1. The first-order valence-electron chi connectivity index (χ1n) is 6.55. The van der Waals surface area contributed by atoms with Gasteiger partial charge in [0, 0.05) is 31.5 Å². The van der Waals surface area contributed by atoms with Gasteiger partial charge in [-0.1, -0.05) is 0 Å². The predicted molar refractivity (Wildman–Crippen MR) is 70.8 cm³/mol. The molecular formula is C14H23N3. The van der Waals surface area contributed by atoms with Crippen molar-refractivity contribution in [2.45, 2.75) is 32.4 Å². The number of rotatable bonds is 4. The van der Waals surface area contributed by atoms with Crippen molar-refractivity contribution in [2.75, 3.05) is 20.1 Å². The Morgan fingerprint density at radius 1 is 1.41 bits per heavy atom. The van der Waals surface area contributed by atoms with Crippen LogP contribution in [0, 0.1) is 5.92 Å². The highest BCUT2D eigenvalue weighted by Gasteiger charge is 2.19. The average Bonchev–Trinajstić information content (AvgIpc) is 2.30. The first-order chi connectivity index (χ1) is 8.24. The van der Waals surface area contributed by atoms with E-state index in [9.17, 15) is 0 Å². The molecule has 1 fully saturated rings. The Labute approximate surface area is 104 Å². The van der Waals surface area contributed by atoms with Gasteiger partial charge in [-0.2, -0.15) is 0 Å². The van der Waals surface area contributed by atoms with E-state index in [1.807, 2.05) is 12.4 Å². The first kappa shape index (κ1) is 12.5. The van der Waals surface area contributed by atoms with E-state index >= 15 is 0 Å². The number of hydrogen-bond donors (Lipinski definition) is 1. The Bertz CT molecular complexity index is 325. The summed E-state index contributed by atoms with van der Waals surface area (Å²) in [6.07, 6.45) is 6.36. The van der Waals surface area contributed by atoms with Crippen LogP contribution in [0.25, 0.3) is 0 Å². The van der Waals surface area contributed by atoms with Gasteiger partial charge >= 0.3 is 0 Å². The summed E-state index contributed by atoms with van der Waals surface area (Å²) in [4.78, 5) is 6.48. The van der Waals surface area contributed by atoms with E-state index in [2.05, 4.69) is 41.3 Å². The summed E-state index contributed by atoms with van der Waals surface area (Å²) in [6, 6.07) is 4.88. The third kappa shape index (κ3) is 4.10. The highest BCUT2D eigenvalue weighted by molar-refractivity contribution is 5.09. The summed E-state index contributed by atoms with van der Waals surface area (Å²) in [6.45, 7) is 5.69. The van der Waals surface area contributed by atoms with Crippen molar-refractivity contribution in [1.29, 1.82) is 0 Å². The van der Waals surface area contributed by atoms with E-state index in [0.29, 0.717) is 6.04 Å². The fourth-order valence-electron chi connectivity index (χ4n) is 2.71. The van der Waals surface area contributed by atoms with Crippen molar-refractivity contribution in [2.24, 2.45) is 5.92 Å². The van der Waals surface area contributed by atoms with Gasteiger partial charge in [0.1, 0.15) is 0 Å². The van der Waals surface area contributed by atoms with Crippen LogP contribution in [0.1, 0.15) is 25.3 Å². The Kier molecular flexibility index (Phi) is 4.51. The maximum Gasteiger partial charge on any atom is 0.0271 e. The van der Waals surface area contributed by atoms with Gasteiger partial charge in [-0.25, -0.2) is 0 Å². The van der Waals surface area contributed by atoms with Gasteiger partial charge in [-0.15, -0.1) is 0 Å². The van der Waals surface area contributed by atoms with Crippen LogP contribution in [0.3, 0.4) is 0 Å². The van der Waals surface area contributed by atoms with Gasteiger partial charge in [0.25, 0.3) is 0 Å². The lowest BCUT2D eigenvalue weighted by Crippen LogP contribution is -2.39. The summed E-state index contributed by atoms with van der Waals surface area (Å²) in [5.41, 5.74) is 1.35. The molecule has 1 aliphatic rings. The summed E-state index contributed by atoms with van der Waals surface area (Å²) in [5, 5.41) is 3.51. The minimum atomic E-state index is 0.683. The smallest absolute Gasteiger partial charge is 0.0271 e. The molecule has 0 aliphatic carbocycles. The lowest BCUT2D eigenvalue weighted by Gasteiger charge is -2.31. The number of nitrogens with one attached hydrogen (secondary N) is 1. The minimum Gasteiger partial charge on any atom is -0.314 e. The molecule has 0 saturated carbocycles. The second kappa shape index (κ2) is 6.12. The van der Waals surface area contributed by atoms with Crippen molar-refractivity contribution < 1.29 is 0 Å². The van der Waals surface area contributed by atoms with Crippen molar-refractivity contribution in [3.05, 3.63) is 30.1 Å². The summed E-state index contributed by atoms with van der Waals surface area (Å²) in [5.74, 6) is 0.845. The second-order valence-corrected chi connectivity index (χ2v) is 5.30. The van der Waals surface area contributed by atoms with Crippen molar-refractivity contribution >= 4 is 0 Å². The topological polar surface area (TPSA) is 28.2 Å². The number of pyridine rings is 1. The van der Waals surface area contributed by atoms with Crippen LogP contribution >= 0.6 is 0 Å². The molecule has 3 nitrogen and oxygen atoms in total. The summed E-state index contributed by atoms with van der Waals surface area (Å²) < 4.78 is 0. The lowest BCUT2D eigenvalue weighted by molar-refractivity contribution is 0.215. The molecule has 1 N–H and O–H groups in total. The van der Waals surface area contributed by atoms with E-state index in [1.54, 1.807) is 0 Å². The largest absolute Gasteiger partial charge is 0.314 e. The molecule has 1 aromatic rings. The zero-order valence-corrected chi connectivity index (χ0v) is 10.9. The van der Waals surface area contributed by atoms with E-state index in [-0.39, 0.29) is 0 Å². The van der Waals surface area contributed by atoms with E-state index in [0.717, 1.165) is 12.5 Å². The van der Waals surface area contributed by atoms with Crippen LogP contribution in [0.4, 0.5) is 0 Å². The molecule has 2 atom stereocenters. The van der Waals surface area contributed by atoms with E-state index in [1.165, 1.54) is 31.5 Å². The Morgan fingerprint density at radius 2 is 2.18 bits per heavy atom. The molecule has 0 aromatic carbocycles. The molecule has 2 heterocycles. The summed E-state index contributed by atoms with van der Waals surface area (Å²) in [7, 11) is 2.22. The third-order valence-corrected chi connectivity index (χ3v) is 3.50. The van der Waals surface area contributed by atoms with Crippen LogP contribution in [0.15, 0.2) is 24.5 Å². The molecule has 2 rings (SSSR count). The van der Waals surface area contributed by atoms with Crippen LogP contribution in [-0.2, 0) is 6.54 Å². The molecule has 0 radical (unpaired) electrons. The Morgan fingerprint density at radius 3 is 2.88 bits per heavy atom. The quantitative estimate of drug-likeness (QED) is 0.861. The van der Waals surface area contributed by atoms with Gasteiger partial charge in [0.2, 0.25) is 0 Å². The molecule has 0 spiro atoms. The Hall–Kier alpha value is -0.930. The molecule has 94 valence electrons. The molecule has 3 heteroatoms. The van der Waals surface area contributed by atoms with Crippen molar-refractivity contribution in [3.63, 3.8) is 0 Å². The highest BCUT2D eigenvalue weighted by Crippen LogP contribution is 2.17. The predicted octanol–water partition coefficient (Wildman–Crippen LogP) is 1.90. The van der Waals surface area contributed by atoms with Gasteiger partial charge < -0.3 is 10.2 Å². The normalized spacial score (nSPS) is 25.1. The summed E-state index contributed by atoms with van der Waals surface area (Å²) >= 11 is 0. The molecule has 0 amide bonds. The van der Waals surface area contributed by atoms with Crippen molar-refractivity contribution in [3.8, 4) is 0 Å². The molecule has 1 aliphatic heterocycles. The van der Waals surface area contributed by atoms with E-state index in [4.69, 9.17) is 0 Å². The van der Waals surface area contributed by atoms with Gasteiger partial charge in [-0.05, 0) is 57.0 Å². The first-order valence-corrected chi connectivity index (χ1v) is 6.55. The number of piperidine rings is 1. The minimum absolute atomic E-state index is 0.683. The number of hydrogen-bond acceptors (Lipinski definition) is 3. The molecule has 1 aromatic heterocycles. The van der Waals surface area contributed by atoms with Crippen LogP contribution in [-0.4, -0.2) is 36.1 Å². The number of nitrogens with zero attached hydrogens (tertiary/aromatic N) is 2. The fraction of sp³-hybridized carbons (Fsp3) is 0.643. The van der Waals surface area contributed by atoms with Crippen LogP contribution < -0.4 is 5.32 Å². The van der Waals surface area contributed by atoms with Crippen LogP contribution in [0.2, 0.25) is 0 Å². The SMILES string of the molecule is CC1CC(CN(C)Cc2ccncc2)CCN1. The van der Waals surface area contributed by atoms with Gasteiger partial charge in [0.15, 0.2) is 0 Å². The average molecular weight is 233 g/mol. The fourth-order valence-corrected chi connectivity index (χ4v) is 2.71. The molecule has 1 saturated heterocycles. The van der Waals surface area contributed by atoms with E-state index < -0.39 is 0 Å². The van der Waals surface area contributed by atoms with Gasteiger partial charge in [-0.3, -0.25) is 4.98 Å². The standard InChI is InChI=1S/C14H23N3/c1-12-9-14(5-8-16-12)11-17(2)10-13-3-6-15-7-4-13/h3-4,6-7,12,14,16H,5,8-11H2,1-2H3. The second-order valence-electron chi connectivity index (χ2n) is 5.30. The molecular weight excluding hydrogens is 210 g/mol. The van der Waals surface area contributed by atoms with Crippen LogP contribution in [0.5, 0.6) is 0 Å². The third-order valence-electron chi connectivity index (χ3n) is 3.50. The zero-order chi connectivity index (χ0) is 12.1. The maximum atomic E-state index is 4.05. The van der Waals surface area contributed by atoms with Gasteiger partial charge in [0.05, 0.1) is 0 Å².